The highest BCUT2D eigenvalue weighted by Crippen LogP contribution is 2.14. The number of carbonyl (C=O) groups is 2. The molecule has 106 valence electrons. The van der Waals surface area contributed by atoms with E-state index in [1.165, 1.54) is 12.1 Å². The number of benzene rings is 1. The molecule has 1 N–H and O–H groups in total. The third-order valence-electron chi connectivity index (χ3n) is 2.82. The summed E-state index contributed by atoms with van der Waals surface area (Å²) in [5, 5.41) is 16.9. The number of aryl methyl sites for hydroxylation is 1. The van der Waals surface area contributed by atoms with Crippen molar-refractivity contribution in [2.75, 3.05) is 6.61 Å². The lowest BCUT2D eigenvalue weighted by Crippen LogP contribution is -2.07. The van der Waals surface area contributed by atoms with Crippen molar-refractivity contribution in [1.82, 2.24) is 15.0 Å². The van der Waals surface area contributed by atoms with Gasteiger partial charge in [-0.2, -0.15) is 0 Å². The van der Waals surface area contributed by atoms with Crippen LogP contribution in [-0.4, -0.2) is 38.6 Å². The summed E-state index contributed by atoms with van der Waals surface area (Å²) in [5.41, 5.74) is 1.46. The Balaban J connectivity index is 2.08. The zero-order valence-electron chi connectivity index (χ0n) is 11.1. The minimum Gasteiger partial charge on any atom is -0.478 e. The maximum absolute atomic E-state index is 11.2. The fourth-order valence-electron chi connectivity index (χ4n) is 1.87. The highest BCUT2D eigenvalue weighted by molar-refractivity contribution is 5.92. The SMILES string of the molecule is CCOC(=O)CCCn1nnc2ccc(C(=O)O)cc21. The van der Waals surface area contributed by atoms with Crippen molar-refractivity contribution in [3.8, 4) is 0 Å². The van der Waals surface area contributed by atoms with E-state index in [-0.39, 0.29) is 11.5 Å². The maximum Gasteiger partial charge on any atom is 0.335 e. The van der Waals surface area contributed by atoms with Gasteiger partial charge in [-0.1, -0.05) is 5.21 Å². The average molecular weight is 277 g/mol. The molecule has 7 nitrogen and oxygen atoms in total. The van der Waals surface area contributed by atoms with E-state index in [4.69, 9.17) is 9.84 Å². The molecule has 0 spiro atoms. The van der Waals surface area contributed by atoms with Crippen LogP contribution in [0.25, 0.3) is 11.0 Å². The van der Waals surface area contributed by atoms with Crippen LogP contribution >= 0.6 is 0 Å². The van der Waals surface area contributed by atoms with Crippen molar-refractivity contribution >= 4 is 23.0 Å². The Morgan fingerprint density at radius 2 is 2.20 bits per heavy atom. The number of aromatic carboxylic acids is 1. The fraction of sp³-hybridized carbons (Fsp3) is 0.385. The molecule has 2 rings (SSSR count). The summed E-state index contributed by atoms with van der Waals surface area (Å²) in [6, 6.07) is 4.64. The normalized spacial score (nSPS) is 10.7. The van der Waals surface area contributed by atoms with Gasteiger partial charge in [-0.3, -0.25) is 4.79 Å². The predicted molar refractivity (Wildman–Crippen MR) is 70.4 cm³/mol. The molecule has 0 atom stereocenters. The first-order chi connectivity index (χ1) is 9.61. The molecule has 0 amide bonds. The second-order valence-electron chi connectivity index (χ2n) is 4.23. The smallest absolute Gasteiger partial charge is 0.335 e. The summed E-state index contributed by atoms with van der Waals surface area (Å²) >= 11 is 0. The van der Waals surface area contributed by atoms with Crippen molar-refractivity contribution in [2.45, 2.75) is 26.3 Å². The molecule has 0 saturated heterocycles. The molecule has 1 aromatic carbocycles. The van der Waals surface area contributed by atoms with Crippen LogP contribution < -0.4 is 0 Å². The van der Waals surface area contributed by atoms with Gasteiger partial charge in [-0.15, -0.1) is 5.10 Å². The van der Waals surface area contributed by atoms with Crippen LogP contribution in [0.15, 0.2) is 18.2 Å². The molecule has 0 bridgehead atoms. The monoisotopic (exact) mass is 277 g/mol. The molecule has 7 heteroatoms. The third-order valence-corrected chi connectivity index (χ3v) is 2.82. The highest BCUT2D eigenvalue weighted by Gasteiger charge is 2.10. The minimum atomic E-state index is -0.994. The summed E-state index contributed by atoms with van der Waals surface area (Å²) in [5.74, 6) is -1.24. The predicted octanol–water partition coefficient (Wildman–Crippen LogP) is 1.47. The number of carbonyl (C=O) groups excluding carboxylic acids is 1. The van der Waals surface area contributed by atoms with E-state index in [9.17, 15) is 9.59 Å². The Morgan fingerprint density at radius 3 is 2.90 bits per heavy atom. The summed E-state index contributed by atoms with van der Waals surface area (Å²) < 4.78 is 6.44. The number of esters is 1. The Bertz CT molecular complexity index is 636. The number of carboxylic acid groups (broad SMARTS) is 1. The third kappa shape index (κ3) is 3.11. The van der Waals surface area contributed by atoms with Gasteiger partial charge in [0.25, 0.3) is 0 Å². The minimum absolute atomic E-state index is 0.187. The summed E-state index contributed by atoms with van der Waals surface area (Å²) in [4.78, 5) is 22.2. The lowest BCUT2D eigenvalue weighted by Gasteiger charge is -2.03. The maximum atomic E-state index is 11.2. The standard InChI is InChI=1S/C13H15N3O4/c1-2-20-12(17)4-3-7-16-11-8-9(13(18)19)5-6-10(11)14-15-16/h5-6,8H,2-4,7H2,1H3,(H,18,19). The molecule has 0 aliphatic heterocycles. The van der Waals surface area contributed by atoms with Crippen molar-refractivity contribution < 1.29 is 19.4 Å². The molecule has 0 unspecified atom stereocenters. The van der Waals surface area contributed by atoms with E-state index < -0.39 is 5.97 Å². The molecular formula is C13H15N3O4. The lowest BCUT2D eigenvalue weighted by atomic mass is 10.2. The van der Waals surface area contributed by atoms with E-state index in [1.54, 1.807) is 17.7 Å². The second-order valence-corrected chi connectivity index (χ2v) is 4.23. The zero-order chi connectivity index (χ0) is 14.5. The first-order valence-electron chi connectivity index (χ1n) is 6.34. The molecule has 20 heavy (non-hydrogen) atoms. The molecule has 0 aliphatic carbocycles. The number of ether oxygens (including phenoxy) is 1. The number of aromatic nitrogens is 3. The van der Waals surface area contributed by atoms with Gasteiger partial charge in [0.2, 0.25) is 0 Å². The molecule has 0 fully saturated rings. The Hall–Kier alpha value is -2.44. The quantitative estimate of drug-likeness (QED) is 0.803. The van der Waals surface area contributed by atoms with Crippen LogP contribution in [0.3, 0.4) is 0 Å². The molecule has 0 aliphatic rings. The fourth-order valence-corrected chi connectivity index (χ4v) is 1.87. The molecule has 0 radical (unpaired) electrons. The van der Waals surface area contributed by atoms with Gasteiger partial charge < -0.3 is 9.84 Å². The van der Waals surface area contributed by atoms with Crippen LogP contribution in [0.5, 0.6) is 0 Å². The number of carboxylic acids is 1. The van der Waals surface area contributed by atoms with Crippen LogP contribution in [-0.2, 0) is 16.1 Å². The zero-order valence-corrected chi connectivity index (χ0v) is 11.1. The van der Waals surface area contributed by atoms with Crippen molar-refractivity contribution in [2.24, 2.45) is 0 Å². The van der Waals surface area contributed by atoms with Crippen molar-refractivity contribution in [3.63, 3.8) is 0 Å². The van der Waals surface area contributed by atoms with Gasteiger partial charge in [-0.25, -0.2) is 9.48 Å². The van der Waals surface area contributed by atoms with E-state index in [0.29, 0.717) is 37.0 Å². The van der Waals surface area contributed by atoms with Crippen LogP contribution in [0.1, 0.15) is 30.1 Å². The number of nitrogens with zero attached hydrogens (tertiary/aromatic N) is 3. The number of hydrogen-bond acceptors (Lipinski definition) is 5. The van der Waals surface area contributed by atoms with Crippen molar-refractivity contribution in [1.29, 1.82) is 0 Å². The Morgan fingerprint density at radius 1 is 1.40 bits per heavy atom. The van der Waals surface area contributed by atoms with Crippen LogP contribution in [0, 0.1) is 0 Å². The number of rotatable bonds is 6. The number of hydrogen-bond donors (Lipinski definition) is 1. The summed E-state index contributed by atoms with van der Waals surface area (Å²) in [6.45, 7) is 2.61. The largest absolute Gasteiger partial charge is 0.478 e. The molecule has 1 aromatic heterocycles. The summed E-state index contributed by atoms with van der Waals surface area (Å²) in [6.07, 6.45) is 0.863. The van der Waals surface area contributed by atoms with Gasteiger partial charge in [0.15, 0.2) is 0 Å². The van der Waals surface area contributed by atoms with E-state index >= 15 is 0 Å². The van der Waals surface area contributed by atoms with Crippen LogP contribution in [0.2, 0.25) is 0 Å². The first-order valence-corrected chi connectivity index (χ1v) is 6.34. The van der Waals surface area contributed by atoms with Gasteiger partial charge in [-0.05, 0) is 31.5 Å². The van der Waals surface area contributed by atoms with Crippen molar-refractivity contribution in [3.05, 3.63) is 23.8 Å². The highest BCUT2D eigenvalue weighted by atomic mass is 16.5. The van der Waals surface area contributed by atoms with Gasteiger partial charge >= 0.3 is 11.9 Å². The van der Waals surface area contributed by atoms with Gasteiger partial charge in [0.1, 0.15) is 5.52 Å². The molecule has 1 heterocycles. The van der Waals surface area contributed by atoms with Crippen LogP contribution in [0.4, 0.5) is 0 Å². The first kappa shape index (κ1) is 14.0. The number of fused-ring (bicyclic) bond motifs is 1. The summed E-state index contributed by atoms with van der Waals surface area (Å²) in [7, 11) is 0. The molecule has 0 saturated carbocycles. The average Bonchev–Trinajstić information content (AvgIpc) is 2.81. The Labute approximate surface area is 115 Å². The lowest BCUT2D eigenvalue weighted by molar-refractivity contribution is -0.143. The van der Waals surface area contributed by atoms with E-state index in [1.807, 2.05) is 0 Å². The van der Waals surface area contributed by atoms with E-state index in [2.05, 4.69) is 10.3 Å². The molecular weight excluding hydrogens is 262 g/mol. The second kappa shape index (κ2) is 6.14. The Kier molecular flexibility index (Phi) is 4.29. The topological polar surface area (TPSA) is 94.3 Å². The van der Waals surface area contributed by atoms with Gasteiger partial charge in [0.05, 0.1) is 17.7 Å². The molecule has 2 aromatic rings. The van der Waals surface area contributed by atoms with Gasteiger partial charge in [0, 0.05) is 13.0 Å². The van der Waals surface area contributed by atoms with E-state index in [0.717, 1.165) is 0 Å².